The van der Waals surface area contributed by atoms with Crippen LogP contribution in [0.15, 0.2) is 48.5 Å². The highest BCUT2D eigenvalue weighted by atomic mass is 16.3. The minimum atomic E-state index is -0.292. The smallest absolute Gasteiger partial charge is 0.123 e. The molecule has 0 saturated carbocycles. The number of aryl methyl sites for hydroxylation is 2. The van der Waals surface area contributed by atoms with Crippen molar-refractivity contribution in [3.05, 3.63) is 115 Å². The van der Waals surface area contributed by atoms with Gasteiger partial charge in [0.25, 0.3) is 0 Å². The van der Waals surface area contributed by atoms with Crippen molar-refractivity contribution in [1.82, 2.24) is 0 Å². The molecule has 59 heavy (non-hydrogen) atoms. The van der Waals surface area contributed by atoms with Gasteiger partial charge < -0.3 is 20.4 Å². The molecule has 0 amide bonds. The van der Waals surface area contributed by atoms with Crippen molar-refractivity contribution >= 4 is 0 Å². The number of phenolic OH excluding ortho intramolecular Hbond substituents is 4. The number of aromatic hydroxyl groups is 4. The van der Waals surface area contributed by atoms with Crippen LogP contribution in [0.1, 0.15) is 222 Å². The van der Waals surface area contributed by atoms with Gasteiger partial charge in [-0.25, -0.2) is 0 Å². The number of rotatable bonds is 8. The Labute approximate surface area is 359 Å². The normalized spacial score (nSPS) is 13.5. The number of hydrogen-bond donors (Lipinski definition) is 4. The van der Waals surface area contributed by atoms with Crippen LogP contribution in [0.4, 0.5) is 0 Å². The largest absolute Gasteiger partial charge is 0.508 e. The fraction of sp³-hybridized carbons (Fsp3) is 0.564. The van der Waals surface area contributed by atoms with Gasteiger partial charge in [0.2, 0.25) is 0 Å². The van der Waals surface area contributed by atoms with Crippen LogP contribution in [-0.2, 0) is 32.5 Å². The average molecular weight is 805 g/mol. The van der Waals surface area contributed by atoms with E-state index in [2.05, 4.69) is 175 Å². The van der Waals surface area contributed by atoms with Gasteiger partial charge in [-0.05, 0) is 138 Å². The molecule has 4 aromatic rings. The van der Waals surface area contributed by atoms with Crippen molar-refractivity contribution in [1.29, 1.82) is 0 Å². The third-order valence-electron chi connectivity index (χ3n) is 12.4. The molecule has 0 heterocycles. The molecule has 4 aromatic carbocycles. The Kier molecular flexibility index (Phi) is 13.1. The maximum atomic E-state index is 11.9. The zero-order valence-electron chi connectivity index (χ0n) is 40.7. The molecular formula is C55H80O4. The van der Waals surface area contributed by atoms with Crippen LogP contribution in [0.2, 0.25) is 0 Å². The third-order valence-corrected chi connectivity index (χ3v) is 12.4. The molecule has 0 aliphatic carbocycles. The third kappa shape index (κ3) is 10.5. The van der Waals surface area contributed by atoms with Crippen LogP contribution in [-0.4, -0.2) is 20.4 Å². The summed E-state index contributed by atoms with van der Waals surface area (Å²) < 4.78 is 0. The van der Waals surface area contributed by atoms with E-state index >= 15 is 0 Å². The Morgan fingerprint density at radius 3 is 0.864 bits per heavy atom. The van der Waals surface area contributed by atoms with E-state index in [1.807, 2.05) is 12.1 Å². The molecule has 0 bridgehead atoms. The molecule has 0 atom stereocenters. The predicted octanol–water partition coefficient (Wildman–Crippen LogP) is 15.0. The Balaban J connectivity index is 2.05. The maximum absolute atomic E-state index is 11.9. The topological polar surface area (TPSA) is 80.9 Å². The first-order chi connectivity index (χ1) is 26.5. The lowest BCUT2D eigenvalue weighted by atomic mass is 9.72. The first-order valence-electron chi connectivity index (χ1n) is 22.0. The second-order valence-electron chi connectivity index (χ2n) is 23.9. The SMILES string of the molecule is Cc1cc(O)c(C(C)(C)C)cc1C(CCCC(c1cc(C(C)(C)C)c(O)c(C(C)(C)C)c1)c1cc(C(C)(C)C)c(O)c(C(C)(C)C)c1)c1cc(C(C)(C)C)c(O)cc1C. The summed E-state index contributed by atoms with van der Waals surface area (Å²) in [6.07, 6.45) is 2.55. The van der Waals surface area contributed by atoms with Crippen LogP contribution in [0.5, 0.6) is 23.0 Å². The molecule has 0 fully saturated rings. The van der Waals surface area contributed by atoms with E-state index in [1.165, 1.54) is 22.3 Å². The summed E-state index contributed by atoms with van der Waals surface area (Å²) in [6, 6.07) is 17.3. The molecule has 4 N–H and O–H groups in total. The van der Waals surface area contributed by atoms with Crippen LogP contribution >= 0.6 is 0 Å². The van der Waals surface area contributed by atoms with Gasteiger partial charge in [-0.3, -0.25) is 0 Å². The lowest BCUT2D eigenvalue weighted by Gasteiger charge is -2.33. The fourth-order valence-corrected chi connectivity index (χ4v) is 8.90. The quantitative estimate of drug-likeness (QED) is 0.143. The lowest BCUT2D eigenvalue weighted by Crippen LogP contribution is -2.20. The first-order valence-corrected chi connectivity index (χ1v) is 22.0. The Morgan fingerprint density at radius 1 is 0.356 bits per heavy atom. The van der Waals surface area contributed by atoms with Gasteiger partial charge in [0.15, 0.2) is 0 Å². The van der Waals surface area contributed by atoms with Crippen molar-refractivity contribution in [2.45, 2.75) is 202 Å². The summed E-state index contributed by atoms with van der Waals surface area (Å²) in [7, 11) is 0. The fourth-order valence-electron chi connectivity index (χ4n) is 8.90. The summed E-state index contributed by atoms with van der Waals surface area (Å²) >= 11 is 0. The summed E-state index contributed by atoms with van der Waals surface area (Å²) in [5.41, 5.74) is 10.8. The summed E-state index contributed by atoms with van der Waals surface area (Å²) in [6.45, 7) is 43.2. The summed E-state index contributed by atoms with van der Waals surface area (Å²) in [5, 5.41) is 46.2. The standard InChI is InChI=1S/C55H80O4/c1-32-24-46(56)40(50(3,4)5)30-38(32)37(39-31-41(51(6,7)8)47(57)25-33(39)2)23-21-22-36(34-26-42(52(9,10)11)48(58)43(27-34)53(12,13)14)35-28-44(54(15,16)17)49(59)45(29-35)55(18,19)20/h24-31,36-37,56-59H,21-23H2,1-20H3. The molecule has 0 saturated heterocycles. The van der Waals surface area contributed by atoms with Crippen molar-refractivity contribution < 1.29 is 20.4 Å². The molecule has 4 nitrogen and oxygen atoms in total. The maximum Gasteiger partial charge on any atom is 0.123 e. The predicted molar refractivity (Wildman–Crippen MR) is 252 cm³/mol. The van der Waals surface area contributed by atoms with E-state index in [4.69, 9.17) is 0 Å². The number of hydrogen-bond acceptors (Lipinski definition) is 4. The molecule has 0 aliphatic rings. The van der Waals surface area contributed by atoms with Gasteiger partial charge in [-0.15, -0.1) is 0 Å². The van der Waals surface area contributed by atoms with Crippen molar-refractivity contribution in [3.63, 3.8) is 0 Å². The van der Waals surface area contributed by atoms with Crippen LogP contribution < -0.4 is 0 Å². The monoisotopic (exact) mass is 805 g/mol. The van der Waals surface area contributed by atoms with Gasteiger partial charge >= 0.3 is 0 Å². The average Bonchev–Trinajstić information content (AvgIpc) is 3.03. The number of benzene rings is 4. The van der Waals surface area contributed by atoms with E-state index in [1.54, 1.807) is 0 Å². The van der Waals surface area contributed by atoms with E-state index in [9.17, 15) is 20.4 Å². The van der Waals surface area contributed by atoms with Gasteiger partial charge in [0, 0.05) is 11.8 Å². The Morgan fingerprint density at radius 2 is 0.610 bits per heavy atom. The molecule has 0 aromatic heterocycles. The summed E-state index contributed by atoms with van der Waals surface area (Å²) in [4.78, 5) is 0. The van der Waals surface area contributed by atoms with Crippen molar-refractivity contribution in [2.75, 3.05) is 0 Å². The van der Waals surface area contributed by atoms with Gasteiger partial charge in [0.1, 0.15) is 23.0 Å². The highest BCUT2D eigenvalue weighted by Crippen LogP contribution is 2.48. The highest BCUT2D eigenvalue weighted by molar-refractivity contribution is 5.56. The molecule has 0 spiro atoms. The second-order valence-corrected chi connectivity index (χ2v) is 23.9. The van der Waals surface area contributed by atoms with E-state index in [0.717, 1.165) is 63.8 Å². The Bertz CT molecular complexity index is 1940. The molecular weight excluding hydrogens is 725 g/mol. The second kappa shape index (κ2) is 16.2. The molecule has 4 rings (SSSR count). The van der Waals surface area contributed by atoms with E-state index in [-0.39, 0.29) is 44.3 Å². The van der Waals surface area contributed by atoms with Gasteiger partial charge in [-0.1, -0.05) is 167 Å². The van der Waals surface area contributed by atoms with Crippen molar-refractivity contribution in [2.24, 2.45) is 0 Å². The van der Waals surface area contributed by atoms with E-state index in [0.29, 0.717) is 23.0 Å². The molecule has 324 valence electrons. The van der Waals surface area contributed by atoms with Crippen LogP contribution in [0.3, 0.4) is 0 Å². The molecule has 0 unspecified atom stereocenters. The van der Waals surface area contributed by atoms with Crippen LogP contribution in [0, 0.1) is 13.8 Å². The molecule has 0 aliphatic heterocycles. The zero-order chi connectivity index (χ0) is 45.2. The zero-order valence-corrected chi connectivity index (χ0v) is 40.7. The van der Waals surface area contributed by atoms with E-state index < -0.39 is 0 Å². The molecule has 4 heteroatoms. The Hall–Kier alpha value is -3.92. The van der Waals surface area contributed by atoms with Crippen molar-refractivity contribution in [3.8, 4) is 23.0 Å². The van der Waals surface area contributed by atoms with Gasteiger partial charge in [0.05, 0.1) is 0 Å². The van der Waals surface area contributed by atoms with Gasteiger partial charge in [-0.2, -0.15) is 0 Å². The minimum absolute atomic E-state index is 0.00392. The number of phenols is 4. The summed E-state index contributed by atoms with van der Waals surface area (Å²) in [5.74, 6) is 1.37. The molecule has 0 radical (unpaired) electrons. The highest BCUT2D eigenvalue weighted by Gasteiger charge is 2.33. The van der Waals surface area contributed by atoms with Crippen LogP contribution in [0.25, 0.3) is 0 Å². The minimum Gasteiger partial charge on any atom is -0.508 e. The first kappa shape index (κ1) is 47.8. The lowest BCUT2D eigenvalue weighted by molar-refractivity contribution is 0.421.